The van der Waals surface area contributed by atoms with Crippen molar-refractivity contribution in [2.24, 2.45) is 0 Å². The summed E-state index contributed by atoms with van der Waals surface area (Å²) >= 11 is 1.48. The summed E-state index contributed by atoms with van der Waals surface area (Å²) < 4.78 is 22.8. The Hall–Kier alpha value is -2.54. The monoisotopic (exact) mass is 304 g/mol. The topological polar surface area (TPSA) is 65.2 Å². The van der Waals surface area contributed by atoms with E-state index in [9.17, 15) is 9.18 Å². The second-order valence-corrected chi connectivity index (χ2v) is 5.02. The van der Waals surface area contributed by atoms with Crippen molar-refractivity contribution in [3.63, 3.8) is 0 Å². The predicted octanol–water partition coefficient (Wildman–Crippen LogP) is 3.29. The Balaban J connectivity index is 1.62. The van der Waals surface area contributed by atoms with Crippen LogP contribution in [0.5, 0.6) is 0 Å². The fourth-order valence-corrected chi connectivity index (χ4v) is 2.27. The Morgan fingerprint density at radius 3 is 2.81 bits per heavy atom. The van der Waals surface area contributed by atoms with Gasteiger partial charge < -0.3 is 9.26 Å². The van der Waals surface area contributed by atoms with Crippen LogP contribution in [0.2, 0.25) is 0 Å². The van der Waals surface area contributed by atoms with E-state index in [1.807, 2.05) is 17.5 Å². The molecule has 0 saturated heterocycles. The Labute approximate surface area is 123 Å². The second-order valence-electron chi connectivity index (χ2n) is 4.07. The minimum absolute atomic E-state index is 0.130. The number of rotatable bonds is 4. The maximum absolute atomic E-state index is 12.8. The molecular weight excluding hydrogens is 295 g/mol. The molecule has 0 bridgehead atoms. The molecule has 106 valence electrons. The van der Waals surface area contributed by atoms with Crippen molar-refractivity contribution in [2.75, 3.05) is 0 Å². The molecule has 3 rings (SSSR count). The zero-order chi connectivity index (χ0) is 14.7. The highest BCUT2D eigenvalue weighted by atomic mass is 32.1. The van der Waals surface area contributed by atoms with Crippen LogP contribution in [-0.4, -0.2) is 16.1 Å². The number of carbonyl (C=O) groups is 1. The summed E-state index contributed by atoms with van der Waals surface area (Å²) in [5.74, 6) is -0.332. The van der Waals surface area contributed by atoms with Crippen LogP contribution in [-0.2, 0) is 11.3 Å². The average molecular weight is 304 g/mol. The minimum Gasteiger partial charge on any atom is -0.452 e. The molecule has 0 spiro atoms. The third-order valence-corrected chi connectivity index (χ3v) is 3.48. The molecule has 0 aliphatic heterocycles. The Morgan fingerprint density at radius 1 is 1.29 bits per heavy atom. The summed E-state index contributed by atoms with van der Waals surface area (Å²) in [6, 6.07) is 8.83. The number of nitrogens with zero attached hydrogens (tertiary/aromatic N) is 2. The number of esters is 1. The van der Waals surface area contributed by atoms with E-state index in [0.29, 0.717) is 5.82 Å². The van der Waals surface area contributed by atoms with E-state index >= 15 is 0 Å². The fourth-order valence-electron chi connectivity index (χ4n) is 1.62. The van der Waals surface area contributed by atoms with Crippen LogP contribution >= 0.6 is 11.3 Å². The highest BCUT2D eigenvalue weighted by Gasteiger charge is 2.12. The number of carbonyl (C=O) groups excluding carboxylic acids is 1. The van der Waals surface area contributed by atoms with Crippen LogP contribution in [0.15, 0.2) is 46.3 Å². The van der Waals surface area contributed by atoms with Crippen molar-refractivity contribution >= 4 is 17.3 Å². The van der Waals surface area contributed by atoms with Crippen LogP contribution in [0, 0.1) is 5.82 Å². The molecule has 5 nitrogen and oxygen atoms in total. The molecule has 0 amide bonds. The van der Waals surface area contributed by atoms with E-state index in [4.69, 9.17) is 9.26 Å². The van der Waals surface area contributed by atoms with Gasteiger partial charge in [-0.15, -0.1) is 11.3 Å². The first-order chi connectivity index (χ1) is 10.2. The van der Waals surface area contributed by atoms with E-state index in [-0.39, 0.29) is 18.1 Å². The van der Waals surface area contributed by atoms with Gasteiger partial charge in [-0.1, -0.05) is 11.2 Å². The quantitative estimate of drug-likeness (QED) is 0.692. The Kier molecular flexibility index (Phi) is 3.74. The number of thiophene rings is 1. The van der Waals surface area contributed by atoms with Gasteiger partial charge in [0.25, 0.3) is 5.89 Å². The predicted molar refractivity (Wildman–Crippen MR) is 73.1 cm³/mol. The van der Waals surface area contributed by atoms with Gasteiger partial charge >= 0.3 is 5.97 Å². The molecule has 7 heteroatoms. The largest absolute Gasteiger partial charge is 0.452 e. The first kappa shape index (κ1) is 13.4. The zero-order valence-corrected chi connectivity index (χ0v) is 11.5. The fraction of sp³-hybridized carbons (Fsp3) is 0.0714. The number of hydrogen-bond acceptors (Lipinski definition) is 6. The lowest BCUT2D eigenvalue weighted by molar-refractivity contribution is 0.0430. The number of aromatic nitrogens is 2. The van der Waals surface area contributed by atoms with Gasteiger partial charge in [-0.2, -0.15) is 4.98 Å². The number of benzene rings is 1. The summed E-state index contributed by atoms with van der Waals surface area (Å²) in [5, 5.41) is 5.71. The standard InChI is InChI=1S/C14H9FN2O3S/c15-10-5-3-9(4-6-10)14(18)19-8-12-16-13(17-20-12)11-2-1-7-21-11/h1-7H,8H2. The number of ether oxygens (including phenoxy) is 1. The van der Waals surface area contributed by atoms with E-state index in [0.717, 1.165) is 4.88 Å². The van der Waals surface area contributed by atoms with Crippen molar-refractivity contribution < 1.29 is 18.4 Å². The lowest BCUT2D eigenvalue weighted by atomic mass is 10.2. The van der Waals surface area contributed by atoms with Gasteiger partial charge in [-0.05, 0) is 35.7 Å². The van der Waals surface area contributed by atoms with Crippen molar-refractivity contribution in [2.45, 2.75) is 6.61 Å². The molecule has 0 atom stereocenters. The van der Waals surface area contributed by atoms with Crippen molar-refractivity contribution in [1.82, 2.24) is 10.1 Å². The van der Waals surface area contributed by atoms with Crippen molar-refractivity contribution in [3.8, 4) is 10.7 Å². The lowest BCUT2D eigenvalue weighted by Crippen LogP contribution is -2.05. The van der Waals surface area contributed by atoms with Crippen molar-refractivity contribution in [3.05, 3.63) is 59.0 Å². The molecule has 3 aromatic rings. The number of halogens is 1. The summed E-state index contributed by atoms with van der Waals surface area (Å²) in [7, 11) is 0. The minimum atomic E-state index is -0.578. The first-order valence-corrected chi connectivity index (χ1v) is 6.89. The van der Waals surface area contributed by atoms with E-state index in [1.54, 1.807) is 0 Å². The molecule has 0 aliphatic carbocycles. The van der Waals surface area contributed by atoms with Crippen LogP contribution in [0.25, 0.3) is 10.7 Å². The van der Waals surface area contributed by atoms with Gasteiger partial charge in [0.05, 0.1) is 10.4 Å². The van der Waals surface area contributed by atoms with Crippen LogP contribution in [0.1, 0.15) is 16.2 Å². The molecule has 0 unspecified atom stereocenters. The SMILES string of the molecule is O=C(OCc1nc(-c2cccs2)no1)c1ccc(F)cc1. The van der Waals surface area contributed by atoms with Gasteiger partial charge in [0.1, 0.15) is 5.82 Å². The molecule has 0 saturated carbocycles. The zero-order valence-electron chi connectivity index (χ0n) is 10.7. The molecule has 0 radical (unpaired) electrons. The van der Waals surface area contributed by atoms with Gasteiger partial charge in [-0.3, -0.25) is 0 Å². The van der Waals surface area contributed by atoms with Crippen molar-refractivity contribution in [1.29, 1.82) is 0 Å². The van der Waals surface area contributed by atoms with E-state index in [1.165, 1.54) is 35.6 Å². The van der Waals surface area contributed by atoms with E-state index < -0.39 is 11.8 Å². The van der Waals surface area contributed by atoms with E-state index in [2.05, 4.69) is 10.1 Å². The Morgan fingerprint density at radius 2 is 2.10 bits per heavy atom. The van der Waals surface area contributed by atoms with Gasteiger partial charge in [-0.25, -0.2) is 9.18 Å². The summed E-state index contributed by atoms with van der Waals surface area (Å²) in [4.78, 5) is 16.7. The van der Waals surface area contributed by atoms with Gasteiger partial charge in [0, 0.05) is 0 Å². The lowest BCUT2D eigenvalue weighted by Gasteiger charge is -2.01. The Bertz CT molecular complexity index is 738. The number of hydrogen-bond donors (Lipinski definition) is 0. The molecule has 21 heavy (non-hydrogen) atoms. The van der Waals surface area contributed by atoms with Crippen LogP contribution in [0.3, 0.4) is 0 Å². The summed E-state index contributed by atoms with van der Waals surface area (Å²) in [5.41, 5.74) is 0.259. The molecule has 2 heterocycles. The molecule has 0 N–H and O–H groups in total. The smallest absolute Gasteiger partial charge is 0.338 e. The van der Waals surface area contributed by atoms with Gasteiger partial charge in [0.2, 0.25) is 5.82 Å². The molecule has 1 aromatic carbocycles. The summed E-state index contributed by atoms with van der Waals surface area (Å²) in [6.07, 6.45) is 0. The molecular formula is C14H9FN2O3S. The molecule has 0 fully saturated rings. The molecule has 2 aromatic heterocycles. The third kappa shape index (κ3) is 3.14. The van der Waals surface area contributed by atoms with Crippen LogP contribution in [0.4, 0.5) is 4.39 Å². The maximum atomic E-state index is 12.8. The summed E-state index contributed by atoms with van der Waals surface area (Å²) in [6.45, 7) is -0.130. The van der Waals surface area contributed by atoms with Crippen LogP contribution < -0.4 is 0 Å². The second kappa shape index (κ2) is 5.84. The highest BCUT2D eigenvalue weighted by molar-refractivity contribution is 7.13. The molecule has 0 aliphatic rings. The first-order valence-electron chi connectivity index (χ1n) is 6.01. The maximum Gasteiger partial charge on any atom is 0.338 e. The normalized spacial score (nSPS) is 10.5. The average Bonchev–Trinajstić information content (AvgIpc) is 3.16. The highest BCUT2D eigenvalue weighted by Crippen LogP contribution is 2.21. The third-order valence-electron chi connectivity index (χ3n) is 2.62. The van der Waals surface area contributed by atoms with Gasteiger partial charge in [0.15, 0.2) is 6.61 Å².